The van der Waals surface area contributed by atoms with Gasteiger partial charge in [-0.25, -0.2) is 8.42 Å². The van der Waals surface area contributed by atoms with Crippen LogP contribution < -0.4 is 15.8 Å². The van der Waals surface area contributed by atoms with E-state index in [1.54, 1.807) is 18.2 Å². The third kappa shape index (κ3) is 2.78. The Kier molecular flexibility index (Phi) is 4.53. The lowest BCUT2D eigenvalue weighted by Crippen LogP contribution is -2.60. The van der Waals surface area contributed by atoms with Gasteiger partial charge in [0, 0.05) is 23.1 Å². The first-order valence-corrected chi connectivity index (χ1v) is 12.5. The molecule has 0 saturated carbocycles. The van der Waals surface area contributed by atoms with Gasteiger partial charge in [0.2, 0.25) is 11.3 Å². The Balaban J connectivity index is 1.70. The van der Waals surface area contributed by atoms with E-state index in [9.17, 15) is 23.1 Å². The van der Waals surface area contributed by atoms with Crippen LogP contribution >= 0.6 is 0 Å². The smallest absolute Gasteiger partial charge is 0.271 e. The van der Waals surface area contributed by atoms with Crippen LogP contribution in [0.4, 0.5) is 5.69 Å². The number of aromatic nitrogens is 1. The molecule has 0 radical (unpaired) electrons. The number of ether oxygens (including phenoxy) is 1. The Hall–Kier alpha value is -3.63. The normalized spacial score (nSPS) is 22.8. The molecule has 2 aliphatic rings. The Morgan fingerprint density at radius 1 is 1.15 bits per heavy atom. The second-order valence-corrected chi connectivity index (χ2v) is 11.0. The minimum absolute atomic E-state index is 0.0622. The Labute approximate surface area is 195 Å². The van der Waals surface area contributed by atoms with Gasteiger partial charge in [-0.1, -0.05) is 38.1 Å². The molecule has 2 heterocycles. The van der Waals surface area contributed by atoms with Gasteiger partial charge in [0.05, 0.1) is 5.56 Å². The molecular weight excluding hydrogens is 458 g/mol. The topological polar surface area (TPSA) is 152 Å². The number of Topliss-reactive ketones (excluding diaryl/α,β-unsaturated/α-hetero) is 1. The second-order valence-electron chi connectivity index (χ2n) is 8.97. The molecule has 2 aromatic carbocycles. The van der Waals surface area contributed by atoms with Gasteiger partial charge in [-0.3, -0.25) is 9.59 Å². The predicted octanol–water partition coefficient (Wildman–Crippen LogP) is 2.18. The molecule has 1 amide bonds. The third-order valence-electron chi connectivity index (χ3n) is 6.48. The number of hydrogen-bond donors (Lipinski definition) is 4. The Bertz CT molecular complexity index is 1490. The summed E-state index contributed by atoms with van der Waals surface area (Å²) in [6.45, 7) is 3.99. The first-order valence-electron chi connectivity index (χ1n) is 10.6. The number of fused-ring (bicyclic) bond motifs is 5. The summed E-state index contributed by atoms with van der Waals surface area (Å²) in [4.78, 5) is 29.8. The summed E-state index contributed by atoms with van der Waals surface area (Å²) in [6.07, 6.45) is 1.01. The van der Waals surface area contributed by atoms with Crippen LogP contribution in [0.1, 0.15) is 57.3 Å². The third-order valence-corrected chi connectivity index (χ3v) is 7.51. The molecule has 1 aliphatic carbocycles. The minimum atomic E-state index is -3.59. The highest BCUT2D eigenvalue weighted by Crippen LogP contribution is 2.59. The van der Waals surface area contributed by atoms with Crippen molar-refractivity contribution in [3.8, 4) is 5.75 Å². The quantitative estimate of drug-likeness (QED) is 0.417. The number of aromatic amines is 1. The predicted molar refractivity (Wildman–Crippen MR) is 123 cm³/mol. The molecule has 0 bridgehead atoms. The zero-order valence-corrected chi connectivity index (χ0v) is 19.5. The number of anilines is 1. The molecule has 34 heavy (non-hydrogen) atoms. The van der Waals surface area contributed by atoms with E-state index >= 15 is 0 Å². The summed E-state index contributed by atoms with van der Waals surface area (Å²) >= 11 is 0. The van der Waals surface area contributed by atoms with Crippen LogP contribution in [0.15, 0.2) is 53.6 Å². The Morgan fingerprint density at radius 3 is 2.53 bits per heavy atom. The summed E-state index contributed by atoms with van der Waals surface area (Å²) < 4.78 is 29.7. The Morgan fingerprint density at radius 2 is 1.88 bits per heavy atom. The van der Waals surface area contributed by atoms with Gasteiger partial charge >= 0.3 is 0 Å². The zero-order chi connectivity index (χ0) is 24.6. The van der Waals surface area contributed by atoms with Crippen molar-refractivity contribution in [2.45, 2.75) is 36.1 Å². The number of H-pyrrole nitrogens is 1. The number of benzene rings is 2. The summed E-state index contributed by atoms with van der Waals surface area (Å²) in [5.41, 5.74) is 5.51. The van der Waals surface area contributed by atoms with Crippen LogP contribution in [-0.2, 0) is 21.2 Å². The molecule has 9 nitrogen and oxygen atoms in total. The van der Waals surface area contributed by atoms with Crippen LogP contribution in [0.25, 0.3) is 0 Å². The van der Waals surface area contributed by atoms with Crippen molar-refractivity contribution in [3.63, 3.8) is 0 Å². The van der Waals surface area contributed by atoms with Crippen molar-refractivity contribution in [1.82, 2.24) is 10.3 Å². The number of amides is 1. The van der Waals surface area contributed by atoms with E-state index in [0.29, 0.717) is 0 Å². The highest BCUT2D eigenvalue weighted by molar-refractivity contribution is 7.90. The minimum Gasteiger partial charge on any atom is -0.454 e. The SMILES string of the molecule is CC(C)c1ccc2c(c1)OC1(O)c3cccc(N)c3C(=O)C21NC(=O)c1ccc(S(C)(=O)=O)[nH]1. The van der Waals surface area contributed by atoms with E-state index in [4.69, 9.17) is 10.5 Å². The molecule has 0 spiro atoms. The van der Waals surface area contributed by atoms with Gasteiger partial charge in [0.25, 0.3) is 11.7 Å². The maximum Gasteiger partial charge on any atom is 0.271 e. The van der Waals surface area contributed by atoms with Crippen molar-refractivity contribution in [1.29, 1.82) is 0 Å². The summed E-state index contributed by atoms with van der Waals surface area (Å²) in [5.74, 6) is -3.26. The molecular formula is C24H23N3O6S. The van der Waals surface area contributed by atoms with Crippen LogP contribution in [0.2, 0.25) is 0 Å². The molecule has 0 fully saturated rings. The maximum absolute atomic E-state index is 13.9. The lowest BCUT2D eigenvalue weighted by atomic mass is 9.82. The molecule has 0 saturated heterocycles. The number of carbonyl (C=O) groups excluding carboxylic acids is 2. The van der Waals surface area contributed by atoms with E-state index in [0.717, 1.165) is 11.8 Å². The number of nitrogens with two attached hydrogens (primary N) is 1. The first-order chi connectivity index (χ1) is 15.9. The van der Waals surface area contributed by atoms with Crippen molar-refractivity contribution >= 4 is 27.2 Å². The number of sulfone groups is 1. The molecule has 5 N–H and O–H groups in total. The van der Waals surface area contributed by atoms with Crippen LogP contribution in [0.3, 0.4) is 0 Å². The van der Waals surface area contributed by atoms with Crippen molar-refractivity contribution in [2.75, 3.05) is 12.0 Å². The van der Waals surface area contributed by atoms with Gasteiger partial charge < -0.3 is 25.9 Å². The van der Waals surface area contributed by atoms with E-state index < -0.39 is 32.9 Å². The van der Waals surface area contributed by atoms with E-state index in [2.05, 4.69) is 10.3 Å². The molecule has 176 valence electrons. The number of nitrogen functional groups attached to an aromatic ring is 1. The highest BCUT2D eigenvalue weighted by atomic mass is 32.2. The van der Waals surface area contributed by atoms with Crippen LogP contribution in [0, 0.1) is 0 Å². The highest BCUT2D eigenvalue weighted by Gasteiger charge is 2.72. The van der Waals surface area contributed by atoms with E-state index in [-0.39, 0.29) is 44.8 Å². The average Bonchev–Trinajstić information content (AvgIpc) is 3.40. The fraction of sp³-hybridized carbons (Fsp3) is 0.250. The van der Waals surface area contributed by atoms with Gasteiger partial charge in [-0.2, -0.15) is 0 Å². The average molecular weight is 482 g/mol. The number of carbonyl (C=O) groups is 2. The molecule has 1 aliphatic heterocycles. The zero-order valence-electron chi connectivity index (χ0n) is 18.7. The maximum atomic E-state index is 13.9. The lowest BCUT2D eigenvalue weighted by molar-refractivity contribution is -0.169. The number of nitrogens with one attached hydrogen (secondary N) is 2. The monoisotopic (exact) mass is 481 g/mol. The van der Waals surface area contributed by atoms with Gasteiger partial charge in [0.1, 0.15) is 16.5 Å². The largest absolute Gasteiger partial charge is 0.454 e. The molecule has 2 atom stereocenters. The van der Waals surface area contributed by atoms with Gasteiger partial charge in [-0.05, 0) is 35.7 Å². The van der Waals surface area contributed by atoms with Crippen molar-refractivity contribution in [2.24, 2.45) is 0 Å². The molecule has 5 rings (SSSR count). The second kappa shape index (κ2) is 6.94. The van der Waals surface area contributed by atoms with Gasteiger partial charge in [-0.15, -0.1) is 0 Å². The molecule has 1 aromatic heterocycles. The van der Waals surface area contributed by atoms with E-state index in [1.165, 1.54) is 24.3 Å². The van der Waals surface area contributed by atoms with Crippen LogP contribution in [0.5, 0.6) is 5.75 Å². The fourth-order valence-corrected chi connectivity index (χ4v) is 5.32. The summed E-state index contributed by atoms with van der Waals surface area (Å²) in [6, 6.07) is 12.4. The van der Waals surface area contributed by atoms with E-state index in [1.807, 2.05) is 19.9 Å². The number of aliphatic hydroxyl groups is 1. The summed E-state index contributed by atoms with van der Waals surface area (Å²) in [7, 11) is -3.59. The number of ketones is 1. The lowest BCUT2D eigenvalue weighted by Gasteiger charge is -2.34. The standard InChI is InChI=1S/C24H23N3O6S/c1-12(2)13-7-8-14-18(11-13)33-24(30)15-5-4-6-16(25)20(15)21(28)23(14,24)27-22(29)17-9-10-19(26-17)34(3,31)32/h4-12,26,30H,25H2,1-3H3,(H,27,29). The van der Waals surface area contributed by atoms with Gasteiger partial charge in [0.15, 0.2) is 9.84 Å². The first kappa shape index (κ1) is 22.2. The van der Waals surface area contributed by atoms with Crippen molar-refractivity contribution in [3.05, 3.63) is 76.5 Å². The number of hydrogen-bond acceptors (Lipinski definition) is 7. The summed E-state index contributed by atoms with van der Waals surface area (Å²) in [5, 5.41) is 14.4. The fourth-order valence-electron chi connectivity index (χ4n) is 4.71. The van der Waals surface area contributed by atoms with Crippen molar-refractivity contribution < 1.29 is 27.9 Å². The molecule has 2 unspecified atom stereocenters. The van der Waals surface area contributed by atoms with Crippen LogP contribution in [-0.4, -0.2) is 36.5 Å². The molecule has 10 heteroatoms. The number of rotatable bonds is 4. The molecule has 3 aromatic rings.